The van der Waals surface area contributed by atoms with Crippen molar-refractivity contribution in [3.63, 3.8) is 0 Å². The third-order valence-electron chi connectivity index (χ3n) is 5.60. The third kappa shape index (κ3) is 5.27. The molecule has 0 atom stereocenters. The average Bonchev–Trinajstić information content (AvgIpc) is 3.54. The summed E-state index contributed by atoms with van der Waals surface area (Å²) in [7, 11) is 1.08. The fourth-order valence-electron chi connectivity index (χ4n) is 3.81. The largest absolute Gasteiger partial charge is 0.406 e. The number of hydrogen-bond acceptors (Lipinski definition) is 5. The number of rotatable bonds is 6. The van der Waals surface area contributed by atoms with Crippen molar-refractivity contribution in [1.29, 1.82) is 0 Å². The Morgan fingerprint density at radius 3 is 2.49 bits per heavy atom. The monoisotopic (exact) mass is 509 g/mol. The summed E-state index contributed by atoms with van der Waals surface area (Å²) in [6.07, 6.45) is 0.000486. The van der Waals surface area contributed by atoms with Gasteiger partial charge in [0.2, 0.25) is 0 Å². The predicted molar refractivity (Wildman–Crippen MR) is 130 cm³/mol. The van der Waals surface area contributed by atoms with Crippen molar-refractivity contribution < 1.29 is 22.4 Å². The highest BCUT2D eigenvalue weighted by molar-refractivity contribution is 5.98. The van der Waals surface area contributed by atoms with E-state index in [-0.39, 0.29) is 17.3 Å². The molecule has 0 radical (unpaired) electrons. The second-order valence-electron chi connectivity index (χ2n) is 8.34. The van der Waals surface area contributed by atoms with Crippen LogP contribution in [0.3, 0.4) is 0 Å². The maximum Gasteiger partial charge on any atom is 0.406 e. The zero-order valence-electron chi connectivity index (χ0n) is 19.3. The molecule has 0 unspecified atom stereocenters. The van der Waals surface area contributed by atoms with Gasteiger partial charge in [-0.15, -0.1) is 0 Å². The van der Waals surface area contributed by atoms with Crippen molar-refractivity contribution in [2.75, 3.05) is 18.9 Å². The summed E-state index contributed by atoms with van der Waals surface area (Å²) in [5.41, 5.74) is 3.50. The van der Waals surface area contributed by atoms with Crippen molar-refractivity contribution in [2.24, 2.45) is 0 Å². The second-order valence-corrected chi connectivity index (χ2v) is 8.34. The molecule has 0 saturated heterocycles. The van der Waals surface area contributed by atoms with Crippen molar-refractivity contribution >= 4 is 28.3 Å². The van der Waals surface area contributed by atoms with Crippen LogP contribution in [0.5, 0.6) is 0 Å². The topological polar surface area (TPSA) is 103 Å². The molecule has 3 aromatic heterocycles. The van der Waals surface area contributed by atoms with Gasteiger partial charge in [-0.1, -0.05) is 24.3 Å². The molecular formula is C25H19F4N7O. The molecule has 0 aliphatic heterocycles. The lowest BCUT2D eigenvalue weighted by molar-refractivity contribution is -0.138. The smallest absolute Gasteiger partial charge is 0.351 e. The Hall–Kier alpha value is -4.74. The van der Waals surface area contributed by atoms with Gasteiger partial charge in [0.15, 0.2) is 17.5 Å². The first-order chi connectivity index (χ1) is 17.7. The van der Waals surface area contributed by atoms with Crippen LogP contribution in [0.1, 0.15) is 10.5 Å². The van der Waals surface area contributed by atoms with Crippen LogP contribution in [-0.4, -0.2) is 55.7 Å². The number of nitrogens with zero attached hydrogens (tertiary/aromatic N) is 4. The van der Waals surface area contributed by atoms with E-state index in [0.717, 1.165) is 24.4 Å². The third-order valence-corrected chi connectivity index (χ3v) is 5.60. The molecule has 8 nitrogen and oxygen atoms in total. The molecule has 2 aromatic carbocycles. The predicted octanol–water partition coefficient (Wildman–Crippen LogP) is 5.53. The Labute approximate surface area is 207 Å². The average molecular weight is 509 g/mol. The van der Waals surface area contributed by atoms with Crippen molar-refractivity contribution in [1.82, 2.24) is 30.0 Å². The van der Waals surface area contributed by atoms with Crippen LogP contribution in [0.25, 0.3) is 33.4 Å². The summed E-state index contributed by atoms with van der Waals surface area (Å²) >= 11 is 0. The Morgan fingerprint density at radius 2 is 1.78 bits per heavy atom. The normalized spacial score (nSPS) is 11.6. The van der Waals surface area contributed by atoms with Crippen LogP contribution in [0.4, 0.5) is 29.1 Å². The number of benzene rings is 2. The molecule has 0 bridgehead atoms. The van der Waals surface area contributed by atoms with E-state index in [2.05, 4.69) is 30.5 Å². The van der Waals surface area contributed by atoms with Gasteiger partial charge in [0, 0.05) is 41.0 Å². The highest BCUT2D eigenvalue weighted by atomic mass is 19.4. The summed E-state index contributed by atoms with van der Waals surface area (Å²) < 4.78 is 52.4. The van der Waals surface area contributed by atoms with Gasteiger partial charge in [-0.2, -0.15) is 18.3 Å². The number of hydrogen-bond donors (Lipinski definition) is 3. The van der Waals surface area contributed by atoms with Crippen molar-refractivity contribution in [2.45, 2.75) is 6.18 Å². The number of carbonyl (C=O) groups is 1. The number of nitrogens with one attached hydrogen (secondary N) is 3. The van der Waals surface area contributed by atoms with E-state index in [1.165, 1.54) is 6.07 Å². The first-order valence-electron chi connectivity index (χ1n) is 11.0. The molecule has 37 heavy (non-hydrogen) atoms. The quantitative estimate of drug-likeness (QED) is 0.261. The van der Waals surface area contributed by atoms with Gasteiger partial charge in [0.25, 0.3) is 5.91 Å². The van der Waals surface area contributed by atoms with E-state index in [1.807, 2.05) is 12.1 Å². The molecule has 1 amide bonds. The molecule has 188 valence electrons. The lowest BCUT2D eigenvalue weighted by Crippen LogP contribution is -2.35. The summed E-state index contributed by atoms with van der Waals surface area (Å²) in [5, 5.41) is 10.2. The molecular weight excluding hydrogens is 490 g/mol. The van der Waals surface area contributed by atoms with E-state index in [1.54, 1.807) is 42.7 Å². The zero-order chi connectivity index (χ0) is 26.2. The fourth-order valence-corrected chi connectivity index (χ4v) is 3.81. The summed E-state index contributed by atoms with van der Waals surface area (Å²) in [6, 6.07) is 13.8. The zero-order valence-corrected chi connectivity index (χ0v) is 19.3. The van der Waals surface area contributed by atoms with Gasteiger partial charge in [0.1, 0.15) is 12.2 Å². The van der Waals surface area contributed by atoms with Crippen molar-refractivity contribution in [3.8, 4) is 22.5 Å². The SMILES string of the molecule is CN(CC(F)(F)F)C(=O)c1cc2ccc(-c3ncc(F)c(Nc4ccc(-c5cn[nH]c5)cc4)n3)cc2[nH]1. The van der Waals surface area contributed by atoms with Crippen LogP contribution in [0, 0.1) is 5.82 Å². The number of aromatic nitrogens is 5. The van der Waals surface area contributed by atoms with Crippen molar-refractivity contribution in [3.05, 3.63) is 78.6 Å². The Kier molecular flexibility index (Phi) is 6.07. The van der Waals surface area contributed by atoms with Crippen LogP contribution in [-0.2, 0) is 0 Å². The number of alkyl halides is 3. The Morgan fingerprint density at radius 1 is 1.03 bits per heavy atom. The molecule has 3 heterocycles. The summed E-state index contributed by atoms with van der Waals surface area (Å²) in [6.45, 7) is -1.36. The highest BCUT2D eigenvalue weighted by Gasteiger charge is 2.32. The molecule has 0 spiro atoms. The van der Waals surface area contributed by atoms with E-state index in [4.69, 9.17) is 0 Å². The highest BCUT2D eigenvalue weighted by Crippen LogP contribution is 2.27. The molecule has 12 heteroatoms. The molecule has 0 fully saturated rings. The maximum atomic E-state index is 14.5. The summed E-state index contributed by atoms with van der Waals surface area (Å²) in [4.78, 5) is 24.2. The van der Waals surface area contributed by atoms with Gasteiger partial charge >= 0.3 is 6.18 Å². The lowest BCUT2D eigenvalue weighted by atomic mass is 10.1. The molecule has 0 saturated carbocycles. The van der Waals surface area contributed by atoms with Crippen LogP contribution in [0.15, 0.2) is 67.1 Å². The van der Waals surface area contributed by atoms with E-state index in [9.17, 15) is 22.4 Å². The van der Waals surface area contributed by atoms with Gasteiger partial charge in [-0.05, 0) is 29.8 Å². The first-order valence-corrected chi connectivity index (χ1v) is 11.0. The Balaban J connectivity index is 1.38. The first kappa shape index (κ1) is 24.0. The number of anilines is 2. The van der Waals surface area contributed by atoms with E-state index in [0.29, 0.717) is 27.1 Å². The molecule has 5 aromatic rings. The number of fused-ring (bicyclic) bond motifs is 1. The molecule has 0 aliphatic rings. The Bertz CT molecular complexity index is 1560. The van der Waals surface area contributed by atoms with E-state index < -0.39 is 24.4 Å². The standard InChI is InChI=1S/C25H19F4N7O/c1-36(13-25(27,28)29)24(37)21-8-15-2-3-16(9-20(15)34-21)22-30-12-19(26)23(35-22)33-18-6-4-14(5-7-18)17-10-31-32-11-17/h2-12,34H,13H2,1H3,(H,31,32)(H,30,33,35). The number of amides is 1. The minimum absolute atomic E-state index is 0.0140. The van der Waals surface area contributed by atoms with Gasteiger partial charge in [-0.25, -0.2) is 14.4 Å². The van der Waals surface area contributed by atoms with Gasteiger partial charge in [-0.3, -0.25) is 9.89 Å². The molecule has 0 aliphatic carbocycles. The number of H-pyrrole nitrogens is 2. The number of halogens is 4. The number of carbonyl (C=O) groups excluding carboxylic acids is 1. The maximum absolute atomic E-state index is 14.5. The fraction of sp³-hybridized carbons (Fsp3) is 0.120. The van der Waals surface area contributed by atoms with Gasteiger partial charge < -0.3 is 15.2 Å². The minimum Gasteiger partial charge on any atom is -0.351 e. The second kappa shape index (κ2) is 9.37. The van der Waals surface area contributed by atoms with Crippen LogP contribution in [0.2, 0.25) is 0 Å². The minimum atomic E-state index is -4.50. The lowest BCUT2D eigenvalue weighted by Gasteiger charge is -2.17. The van der Waals surface area contributed by atoms with Gasteiger partial charge in [0.05, 0.1) is 12.4 Å². The molecule has 3 N–H and O–H groups in total. The summed E-state index contributed by atoms with van der Waals surface area (Å²) in [5.74, 6) is -1.25. The molecule has 5 rings (SSSR count). The number of aromatic amines is 2. The van der Waals surface area contributed by atoms with E-state index >= 15 is 0 Å². The van der Waals surface area contributed by atoms with Crippen LogP contribution < -0.4 is 5.32 Å². The van der Waals surface area contributed by atoms with Crippen LogP contribution >= 0.6 is 0 Å².